The number of ketones is 1. The first-order chi connectivity index (χ1) is 7.66. The maximum absolute atomic E-state index is 13.5. The summed E-state index contributed by atoms with van der Waals surface area (Å²) in [6, 6.07) is 4.86. The van der Waals surface area contributed by atoms with Gasteiger partial charge in [0.05, 0.1) is 0 Å². The maximum atomic E-state index is 13.5. The molecule has 2 rings (SSSR count). The number of hydrogen-bond acceptors (Lipinski definition) is 2. The highest BCUT2D eigenvalue weighted by Crippen LogP contribution is 2.26. The summed E-state index contributed by atoms with van der Waals surface area (Å²) in [6.07, 6.45) is 1.17. The predicted molar refractivity (Wildman–Crippen MR) is 68.2 cm³/mol. The Balaban J connectivity index is 2.05. The highest BCUT2D eigenvalue weighted by molar-refractivity contribution is 9.10. The molecular formula is C12H12BrFOS. The van der Waals surface area contributed by atoms with Crippen LogP contribution in [0.3, 0.4) is 0 Å². The molecule has 0 spiro atoms. The quantitative estimate of drug-likeness (QED) is 0.851. The van der Waals surface area contributed by atoms with E-state index in [4.69, 9.17) is 0 Å². The summed E-state index contributed by atoms with van der Waals surface area (Å²) in [6.45, 7) is 0. The average molecular weight is 303 g/mol. The van der Waals surface area contributed by atoms with E-state index < -0.39 is 0 Å². The fourth-order valence-corrected chi connectivity index (χ4v) is 3.37. The first-order valence-electron chi connectivity index (χ1n) is 5.21. The van der Waals surface area contributed by atoms with E-state index in [1.54, 1.807) is 23.9 Å². The first kappa shape index (κ1) is 12.1. The van der Waals surface area contributed by atoms with Gasteiger partial charge < -0.3 is 0 Å². The number of halogens is 2. The van der Waals surface area contributed by atoms with Gasteiger partial charge in [0.1, 0.15) is 11.6 Å². The van der Waals surface area contributed by atoms with Crippen molar-refractivity contribution < 1.29 is 9.18 Å². The average Bonchev–Trinajstić information content (AvgIpc) is 2.75. The molecule has 1 aliphatic heterocycles. The van der Waals surface area contributed by atoms with E-state index >= 15 is 0 Å². The molecule has 1 aromatic carbocycles. The molecule has 1 aromatic rings. The molecule has 1 saturated heterocycles. The minimum absolute atomic E-state index is 0.132. The van der Waals surface area contributed by atoms with Gasteiger partial charge in [0.15, 0.2) is 0 Å². The van der Waals surface area contributed by atoms with Crippen LogP contribution in [0.15, 0.2) is 22.7 Å². The molecule has 4 heteroatoms. The first-order valence-corrected chi connectivity index (χ1v) is 7.16. The van der Waals surface area contributed by atoms with Crippen LogP contribution in [0.2, 0.25) is 0 Å². The molecule has 0 bridgehead atoms. The van der Waals surface area contributed by atoms with E-state index in [-0.39, 0.29) is 23.9 Å². The molecule has 1 aliphatic rings. The van der Waals surface area contributed by atoms with Crippen LogP contribution in [0, 0.1) is 11.7 Å². The van der Waals surface area contributed by atoms with E-state index in [0.29, 0.717) is 10.0 Å². The van der Waals surface area contributed by atoms with Gasteiger partial charge in [-0.1, -0.05) is 22.0 Å². The summed E-state index contributed by atoms with van der Waals surface area (Å²) in [5.74, 6) is 1.96. The lowest BCUT2D eigenvalue weighted by Gasteiger charge is -2.08. The molecule has 0 N–H and O–H groups in total. The minimum Gasteiger partial charge on any atom is -0.299 e. The van der Waals surface area contributed by atoms with Gasteiger partial charge in [-0.3, -0.25) is 4.79 Å². The lowest BCUT2D eigenvalue weighted by Crippen LogP contribution is -2.16. The van der Waals surface area contributed by atoms with Gasteiger partial charge in [0, 0.05) is 22.6 Å². The van der Waals surface area contributed by atoms with Gasteiger partial charge in [0.25, 0.3) is 0 Å². The van der Waals surface area contributed by atoms with Crippen molar-refractivity contribution in [3.8, 4) is 0 Å². The highest BCUT2D eigenvalue weighted by Gasteiger charge is 2.23. The Bertz CT molecular complexity index is 402. The predicted octanol–water partition coefficient (Wildman–Crippen LogP) is 3.45. The Morgan fingerprint density at radius 3 is 3.00 bits per heavy atom. The smallest absolute Gasteiger partial charge is 0.141 e. The van der Waals surface area contributed by atoms with E-state index in [1.165, 1.54) is 6.07 Å². The normalized spacial score (nSPS) is 20.0. The molecule has 1 fully saturated rings. The summed E-state index contributed by atoms with van der Waals surface area (Å²) >= 11 is 5.01. The van der Waals surface area contributed by atoms with Crippen molar-refractivity contribution in [2.75, 3.05) is 11.5 Å². The van der Waals surface area contributed by atoms with Crippen LogP contribution < -0.4 is 0 Å². The van der Waals surface area contributed by atoms with Crippen molar-refractivity contribution in [2.24, 2.45) is 5.92 Å². The molecule has 1 unspecified atom stereocenters. The number of Topliss-reactive ketones (excluding diaryl/α,β-unsaturated/α-hetero) is 1. The third-order valence-electron chi connectivity index (χ3n) is 2.76. The van der Waals surface area contributed by atoms with Crippen molar-refractivity contribution in [2.45, 2.75) is 12.8 Å². The topological polar surface area (TPSA) is 17.1 Å². The van der Waals surface area contributed by atoms with E-state index in [1.807, 2.05) is 0 Å². The number of rotatable bonds is 3. The fraction of sp³-hybridized carbons (Fsp3) is 0.417. The zero-order valence-electron chi connectivity index (χ0n) is 8.71. The van der Waals surface area contributed by atoms with Crippen molar-refractivity contribution in [1.29, 1.82) is 0 Å². The van der Waals surface area contributed by atoms with Crippen molar-refractivity contribution in [3.05, 3.63) is 34.1 Å². The number of thioether (sulfide) groups is 1. The van der Waals surface area contributed by atoms with Crippen molar-refractivity contribution in [3.63, 3.8) is 0 Å². The van der Waals surface area contributed by atoms with Gasteiger partial charge >= 0.3 is 0 Å². The Labute approximate surface area is 107 Å². The monoisotopic (exact) mass is 302 g/mol. The van der Waals surface area contributed by atoms with Crippen LogP contribution in [0.1, 0.15) is 12.0 Å². The van der Waals surface area contributed by atoms with Crippen molar-refractivity contribution >= 4 is 33.5 Å². The summed E-state index contributed by atoms with van der Waals surface area (Å²) in [4.78, 5) is 11.9. The van der Waals surface area contributed by atoms with Crippen molar-refractivity contribution in [1.82, 2.24) is 0 Å². The zero-order valence-corrected chi connectivity index (χ0v) is 11.1. The number of hydrogen-bond donors (Lipinski definition) is 0. The Morgan fingerprint density at radius 2 is 2.38 bits per heavy atom. The van der Waals surface area contributed by atoms with Gasteiger partial charge in [-0.15, -0.1) is 0 Å². The molecule has 0 aromatic heterocycles. The SMILES string of the molecule is O=C(Cc1ccc(Br)cc1F)C1CCSC1. The highest BCUT2D eigenvalue weighted by atomic mass is 79.9. The second-order valence-electron chi connectivity index (χ2n) is 3.94. The molecule has 86 valence electrons. The van der Waals surface area contributed by atoms with Crippen LogP contribution in [0.5, 0.6) is 0 Å². The van der Waals surface area contributed by atoms with E-state index in [2.05, 4.69) is 15.9 Å². The largest absolute Gasteiger partial charge is 0.299 e. The Hall–Kier alpha value is -0.350. The lowest BCUT2D eigenvalue weighted by molar-refractivity contribution is -0.121. The van der Waals surface area contributed by atoms with Gasteiger partial charge in [-0.2, -0.15) is 11.8 Å². The number of benzene rings is 1. The molecule has 1 heterocycles. The standard InChI is InChI=1S/C12H12BrFOS/c13-10-2-1-8(11(14)6-10)5-12(15)9-3-4-16-7-9/h1-2,6,9H,3-5,7H2. The molecule has 1 nitrogen and oxygen atoms in total. The van der Waals surface area contributed by atoms with Crippen LogP contribution in [-0.2, 0) is 11.2 Å². The molecule has 16 heavy (non-hydrogen) atoms. The Morgan fingerprint density at radius 1 is 1.56 bits per heavy atom. The Kier molecular flexibility index (Phi) is 4.03. The number of carbonyl (C=O) groups is 1. The third kappa shape index (κ3) is 2.86. The second-order valence-corrected chi connectivity index (χ2v) is 6.00. The molecule has 1 atom stereocenters. The van der Waals surface area contributed by atoms with E-state index in [0.717, 1.165) is 17.9 Å². The molecular weight excluding hydrogens is 291 g/mol. The van der Waals surface area contributed by atoms with Gasteiger partial charge in [-0.05, 0) is 29.9 Å². The molecule has 0 amide bonds. The summed E-state index contributed by atoms with van der Waals surface area (Å²) in [5.41, 5.74) is 0.505. The fourth-order valence-electron chi connectivity index (χ4n) is 1.79. The van der Waals surface area contributed by atoms with Crippen LogP contribution >= 0.6 is 27.7 Å². The molecule has 0 radical (unpaired) electrons. The zero-order chi connectivity index (χ0) is 11.5. The summed E-state index contributed by atoms with van der Waals surface area (Å²) in [7, 11) is 0. The summed E-state index contributed by atoms with van der Waals surface area (Å²) in [5, 5.41) is 0. The van der Waals surface area contributed by atoms with Gasteiger partial charge in [0.2, 0.25) is 0 Å². The maximum Gasteiger partial charge on any atom is 0.141 e. The summed E-state index contributed by atoms with van der Waals surface area (Å²) < 4.78 is 14.2. The van der Waals surface area contributed by atoms with Crippen LogP contribution in [-0.4, -0.2) is 17.3 Å². The van der Waals surface area contributed by atoms with Crippen LogP contribution in [0.25, 0.3) is 0 Å². The second kappa shape index (κ2) is 5.32. The minimum atomic E-state index is -0.298. The van der Waals surface area contributed by atoms with Gasteiger partial charge in [-0.25, -0.2) is 4.39 Å². The van der Waals surface area contributed by atoms with E-state index in [9.17, 15) is 9.18 Å². The molecule has 0 saturated carbocycles. The lowest BCUT2D eigenvalue weighted by atomic mass is 9.97. The number of carbonyl (C=O) groups excluding carboxylic acids is 1. The molecule has 0 aliphatic carbocycles. The van der Waals surface area contributed by atoms with Crippen LogP contribution in [0.4, 0.5) is 4.39 Å². The third-order valence-corrected chi connectivity index (χ3v) is 4.42.